The van der Waals surface area contributed by atoms with Crippen molar-refractivity contribution < 1.29 is 0 Å². The summed E-state index contributed by atoms with van der Waals surface area (Å²) in [5.41, 5.74) is 9.38. The number of nitrogens with zero attached hydrogens (tertiary/aromatic N) is 1. The maximum absolute atomic E-state index is 5.92. The number of aromatic nitrogens is 1. The molecule has 0 bridgehead atoms. The molecule has 3 heteroatoms. The second-order valence-electron chi connectivity index (χ2n) is 4.11. The van der Waals surface area contributed by atoms with E-state index in [4.69, 9.17) is 5.73 Å². The van der Waals surface area contributed by atoms with E-state index in [9.17, 15) is 0 Å². The number of nitrogens with two attached hydrogens (primary N) is 1. The Morgan fingerprint density at radius 1 is 1.24 bits per heavy atom. The Kier molecular flexibility index (Phi) is 3.40. The lowest BCUT2D eigenvalue weighted by Crippen LogP contribution is -2.19. The Morgan fingerprint density at radius 3 is 2.71 bits per heavy atom. The van der Waals surface area contributed by atoms with Gasteiger partial charge in [-0.3, -0.25) is 0 Å². The maximum Gasteiger partial charge on any atom is 0.128 e. The van der Waals surface area contributed by atoms with Gasteiger partial charge in [0.25, 0.3) is 0 Å². The van der Waals surface area contributed by atoms with Crippen molar-refractivity contribution in [2.75, 3.05) is 12.8 Å². The van der Waals surface area contributed by atoms with Crippen LogP contribution in [0, 0.1) is 6.92 Å². The molecule has 0 aliphatic heterocycles. The molecule has 1 unspecified atom stereocenters. The summed E-state index contributed by atoms with van der Waals surface area (Å²) in [6.45, 7) is 2.09. The fourth-order valence-corrected chi connectivity index (χ4v) is 2.03. The molecular weight excluding hydrogens is 210 g/mol. The van der Waals surface area contributed by atoms with Crippen LogP contribution in [-0.2, 0) is 0 Å². The number of hydrogen-bond acceptors (Lipinski definition) is 3. The third-order valence-corrected chi connectivity index (χ3v) is 2.85. The first-order valence-corrected chi connectivity index (χ1v) is 5.66. The number of pyridine rings is 1. The molecule has 0 saturated carbocycles. The molecule has 2 rings (SSSR count). The van der Waals surface area contributed by atoms with Gasteiger partial charge >= 0.3 is 0 Å². The molecule has 88 valence electrons. The summed E-state index contributed by atoms with van der Waals surface area (Å²) in [6.07, 6.45) is 1.71. The van der Waals surface area contributed by atoms with Crippen molar-refractivity contribution in [1.82, 2.24) is 10.3 Å². The van der Waals surface area contributed by atoms with Gasteiger partial charge in [-0.2, -0.15) is 0 Å². The van der Waals surface area contributed by atoms with Gasteiger partial charge in [0.05, 0.1) is 6.04 Å². The van der Waals surface area contributed by atoms with E-state index in [1.54, 1.807) is 6.20 Å². The van der Waals surface area contributed by atoms with Crippen LogP contribution in [0.25, 0.3) is 0 Å². The van der Waals surface area contributed by atoms with Crippen molar-refractivity contribution in [3.8, 4) is 0 Å². The van der Waals surface area contributed by atoms with Gasteiger partial charge in [0.2, 0.25) is 0 Å². The summed E-state index contributed by atoms with van der Waals surface area (Å²) in [4.78, 5) is 4.13. The van der Waals surface area contributed by atoms with E-state index >= 15 is 0 Å². The second kappa shape index (κ2) is 4.97. The van der Waals surface area contributed by atoms with Crippen LogP contribution in [0.2, 0.25) is 0 Å². The van der Waals surface area contributed by atoms with Crippen molar-refractivity contribution in [3.63, 3.8) is 0 Å². The SMILES string of the molecule is CNC(c1cccc(C)c1)c1cccnc1N. The highest BCUT2D eigenvalue weighted by Gasteiger charge is 2.14. The molecule has 0 radical (unpaired) electrons. The summed E-state index contributed by atoms with van der Waals surface area (Å²) in [7, 11) is 1.93. The summed E-state index contributed by atoms with van der Waals surface area (Å²) in [6, 6.07) is 12.4. The van der Waals surface area contributed by atoms with Gasteiger partial charge < -0.3 is 11.1 Å². The predicted molar refractivity (Wildman–Crippen MR) is 70.7 cm³/mol. The maximum atomic E-state index is 5.92. The summed E-state index contributed by atoms with van der Waals surface area (Å²) in [5, 5.41) is 3.28. The fraction of sp³-hybridized carbons (Fsp3) is 0.214. The molecule has 17 heavy (non-hydrogen) atoms. The zero-order valence-electron chi connectivity index (χ0n) is 10.1. The molecule has 1 aromatic heterocycles. The highest BCUT2D eigenvalue weighted by molar-refractivity contribution is 5.45. The molecule has 1 heterocycles. The Morgan fingerprint density at radius 2 is 2.06 bits per heavy atom. The number of aryl methyl sites for hydroxylation is 1. The zero-order chi connectivity index (χ0) is 12.3. The predicted octanol–water partition coefficient (Wildman–Crippen LogP) is 2.28. The molecule has 1 aromatic carbocycles. The van der Waals surface area contributed by atoms with E-state index in [0.717, 1.165) is 5.56 Å². The average Bonchev–Trinajstić information content (AvgIpc) is 2.33. The van der Waals surface area contributed by atoms with E-state index in [0.29, 0.717) is 5.82 Å². The Bertz CT molecular complexity index is 508. The van der Waals surface area contributed by atoms with Crippen molar-refractivity contribution in [3.05, 3.63) is 59.3 Å². The minimum atomic E-state index is 0.0867. The molecule has 3 nitrogen and oxygen atoms in total. The third-order valence-electron chi connectivity index (χ3n) is 2.85. The lowest BCUT2D eigenvalue weighted by Gasteiger charge is -2.18. The Hall–Kier alpha value is -1.87. The Labute approximate surface area is 102 Å². The van der Waals surface area contributed by atoms with Crippen molar-refractivity contribution in [1.29, 1.82) is 0 Å². The van der Waals surface area contributed by atoms with E-state index in [-0.39, 0.29) is 6.04 Å². The zero-order valence-corrected chi connectivity index (χ0v) is 10.1. The third kappa shape index (κ3) is 2.45. The van der Waals surface area contributed by atoms with Gasteiger partial charge in [-0.05, 0) is 25.6 Å². The number of hydrogen-bond donors (Lipinski definition) is 2. The van der Waals surface area contributed by atoms with Gasteiger partial charge in [0, 0.05) is 11.8 Å². The van der Waals surface area contributed by atoms with E-state index in [1.807, 2.05) is 19.2 Å². The first-order chi connectivity index (χ1) is 8.22. The van der Waals surface area contributed by atoms with Crippen LogP contribution < -0.4 is 11.1 Å². The fourth-order valence-electron chi connectivity index (χ4n) is 2.03. The second-order valence-corrected chi connectivity index (χ2v) is 4.11. The van der Waals surface area contributed by atoms with Crippen molar-refractivity contribution >= 4 is 5.82 Å². The number of rotatable bonds is 3. The van der Waals surface area contributed by atoms with Gasteiger partial charge in [0.15, 0.2) is 0 Å². The van der Waals surface area contributed by atoms with E-state index in [1.165, 1.54) is 11.1 Å². The number of anilines is 1. The van der Waals surface area contributed by atoms with Crippen LogP contribution in [0.3, 0.4) is 0 Å². The van der Waals surface area contributed by atoms with Crippen LogP contribution in [0.15, 0.2) is 42.6 Å². The lowest BCUT2D eigenvalue weighted by atomic mass is 9.98. The van der Waals surface area contributed by atoms with Gasteiger partial charge in [-0.25, -0.2) is 4.98 Å². The minimum absolute atomic E-state index is 0.0867. The normalized spacial score (nSPS) is 12.4. The molecular formula is C14H17N3. The smallest absolute Gasteiger partial charge is 0.128 e. The number of nitrogens with one attached hydrogen (secondary N) is 1. The first-order valence-electron chi connectivity index (χ1n) is 5.66. The topological polar surface area (TPSA) is 50.9 Å². The highest BCUT2D eigenvalue weighted by atomic mass is 14.9. The molecule has 0 saturated heterocycles. The van der Waals surface area contributed by atoms with Gasteiger partial charge in [-0.1, -0.05) is 35.9 Å². The molecule has 0 aliphatic rings. The molecule has 0 spiro atoms. The molecule has 0 aliphatic carbocycles. The molecule has 0 amide bonds. The van der Waals surface area contributed by atoms with E-state index in [2.05, 4.69) is 41.5 Å². The monoisotopic (exact) mass is 227 g/mol. The average molecular weight is 227 g/mol. The summed E-state index contributed by atoms with van der Waals surface area (Å²) >= 11 is 0. The van der Waals surface area contributed by atoms with Crippen LogP contribution in [0.4, 0.5) is 5.82 Å². The quantitative estimate of drug-likeness (QED) is 0.845. The lowest BCUT2D eigenvalue weighted by molar-refractivity contribution is 0.691. The molecule has 1 atom stereocenters. The number of nitrogen functional groups attached to an aromatic ring is 1. The molecule has 0 fully saturated rings. The first kappa shape index (κ1) is 11.6. The van der Waals surface area contributed by atoms with Gasteiger partial charge in [0.1, 0.15) is 5.82 Å². The standard InChI is InChI=1S/C14H17N3/c1-10-5-3-6-11(9-10)13(16-2)12-7-4-8-17-14(12)15/h3-9,13,16H,1-2H3,(H2,15,17). The highest BCUT2D eigenvalue weighted by Crippen LogP contribution is 2.25. The van der Waals surface area contributed by atoms with E-state index < -0.39 is 0 Å². The largest absolute Gasteiger partial charge is 0.383 e. The van der Waals surface area contributed by atoms with Crippen LogP contribution in [-0.4, -0.2) is 12.0 Å². The van der Waals surface area contributed by atoms with Crippen LogP contribution >= 0.6 is 0 Å². The van der Waals surface area contributed by atoms with Crippen LogP contribution in [0.5, 0.6) is 0 Å². The Balaban J connectivity index is 2.44. The van der Waals surface area contributed by atoms with Crippen LogP contribution in [0.1, 0.15) is 22.7 Å². The molecule has 3 N–H and O–H groups in total. The summed E-state index contributed by atoms with van der Waals surface area (Å²) < 4.78 is 0. The van der Waals surface area contributed by atoms with Crippen molar-refractivity contribution in [2.45, 2.75) is 13.0 Å². The summed E-state index contributed by atoms with van der Waals surface area (Å²) in [5.74, 6) is 0.577. The van der Waals surface area contributed by atoms with Crippen molar-refractivity contribution in [2.24, 2.45) is 0 Å². The minimum Gasteiger partial charge on any atom is -0.383 e. The molecule has 2 aromatic rings. The van der Waals surface area contributed by atoms with Gasteiger partial charge in [-0.15, -0.1) is 0 Å². The number of benzene rings is 1.